The lowest BCUT2D eigenvalue weighted by Gasteiger charge is -2.34. The van der Waals surface area contributed by atoms with Gasteiger partial charge in [-0.05, 0) is 24.1 Å². The molecule has 1 aliphatic heterocycles. The Hall–Kier alpha value is -2.83. The van der Waals surface area contributed by atoms with E-state index in [1.165, 1.54) is 0 Å². The van der Waals surface area contributed by atoms with E-state index in [4.69, 9.17) is 4.74 Å². The Bertz CT molecular complexity index is 758. The Morgan fingerprint density at radius 1 is 1.19 bits per heavy atom. The number of hydrogen-bond donors (Lipinski definition) is 1. The summed E-state index contributed by atoms with van der Waals surface area (Å²) in [6.45, 7) is 6.88. The van der Waals surface area contributed by atoms with Crippen LogP contribution in [0.15, 0.2) is 36.5 Å². The molecule has 0 saturated carbocycles. The van der Waals surface area contributed by atoms with Gasteiger partial charge in [0.15, 0.2) is 0 Å². The highest BCUT2D eigenvalue weighted by Gasteiger charge is 2.24. The first-order valence-electron chi connectivity index (χ1n) is 8.82. The molecule has 7 nitrogen and oxygen atoms in total. The van der Waals surface area contributed by atoms with Crippen molar-refractivity contribution in [3.05, 3.63) is 36.5 Å². The predicted molar refractivity (Wildman–Crippen MR) is 99.1 cm³/mol. The van der Waals surface area contributed by atoms with Crippen LogP contribution in [0.4, 0.5) is 10.7 Å². The van der Waals surface area contributed by atoms with E-state index in [0.29, 0.717) is 55.9 Å². The van der Waals surface area contributed by atoms with Gasteiger partial charge in [0.05, 0.1) is 12.3 Å². The van der Waals surface area contributed by atoms with Crippen LogP contribution >= 0.6 is 0 Å². The number of hydrogen-bond acceptors (Lipinski definition) is 6. The predicted octanol–water partition coefficient (Wildman–Crippen LogP) is 2.76. The normalized spacial score (nSPS) is 14.6. The molecule has 0 aliphatic carbocycles. The van der Waals surface area contributed by atoms with Gasteiger partial charge in [0.1, 0.15) is 5.75 Å². The number of phenols is 1. The summed E-state index contributed by atoms with van der Waals surface area (Å²) < 4.78 is 5.28. The van der Waals surface area contributed by atoms with Crippen molar-refractivity contribution in [3.63, 3.8) is 0 Å². The van der Waals surface area contributed by atoms with E-state index in [0.717, 1.165) is 0 Å². The third-order valence-corrected chi connectivity index (χ3v) is 4.18. The summed E-state index contributed by atoms with van der Waals surface area (Å²) in [6.07, 6.45) is 1.43. The Labute approximate surface area is 153 Å². The number of amides is 1. The molecule has 2 heterocycles. The molecule has 0 spiro atoms. The lowest BCUT2D eigenvalue weighted by atomic mass is 10.1. The van der Waals surface area contributed by atoms with Crippen molar-refractivity contribution in [1.29, 1.82) is 0 Å². The van der Waals surface area contributed by atoms with Crippen LogP contribution in [0.2, 0.25) is 0 Å². The minimum atomic E-state index is -0.262. The smallest absolute Gasteiger partial charge is 0.409 e. The van der Waals surface area contributed by atoms with Gasteiger partial charge in [0.25, 0.3) is 0 Å². The number of benzene rings is 1. The number of aromatic hydroxyl groups is 1. The Morgan fingerprint density at radius 3 is 2.62 bits per heavy atom. The van der Waals surface area contributed by atoms with E-state index in [1.807, 2.05) is 30.9 Å². The summed E-state index contributed by atoms with van der Waals surface area (Å²) in [4.78, 5) is 24.7. The number of para-hydroxylation sites is 1. The molecule has 0 unspecified atom stereocenters. The van der Waals surface area contributed by atoms with E-state index in [2.05, 4.69) is 9.97 Å². The zero-order chi connectivity index (χ0) is 18.5. The van der Waals surface area contributed by atoms with Crippen LogP contribution < -0.4 is 4.90 Å². The summed E-state index contributed by atoms with van der Waals surface area (Å²) in [7, 11) is 0. The van der Waals surface area contributed by atoms with Crippen molar-refractivity contribution < 1.29 is 14.6 Å². The highest BCUT2D eigenvalue weighted by Crippen LogP contribution is 2.27. The van der Waals surface area contributed by atoms with Crippen LogP contribution in [-0.4, -0.2) is 58.9 Å². The molecule has 0 bridgehead atoms. The summed E-state index contributed by atoms with van der Waals surface area (Å²) >= 11 is 0. The Morgan fingerprint density at radius 2 is 1.92 bits per heavy atom. The molecule has 0 radical (unpaired) electrons. The molecule has 3 rings (SSSR count). The molecule has 1 saturated heterocycles. The number of rotatable bonds is 4. The van der Waals surface area contributed by atoms with Gasteiger partial charge in [0.2, 0.25) is 5.95 Å². The largest absolute Gasteiger partial charge is 0.507 e. The number of carbonyl (C=O) groups is 1. The van der Waals surface area contributed by atoms with Gasteiger partial charge >= 0.3 is 6.09 Å². The van der Waals surface area contributed by atoms with Crippen molar-refractivity contribution >= 4 is 12.0 Å². The van der Waals surface area contributed by atoms with Crippen LogP contribution in [0.25, 0.3) is 11.3 Å². The van der Waals surface area contributed by atoms with Gasteiger partial charge in [0, 0.05) is 37.9 Å². The number of aromatic nitrogens is 2. The summed E-state index contributed by atoms with van der Waals surface area (Å²) in [5.41, 5.74) is 1.35. The van der Waals surface area contributed by atoms with Gasteiger partial charge < -0.3 is 19.6 Å². The SMILES string of the molecule is CC(C)COC(=O)N1CCN(c2nccc(-c3ccccc3O)n2)CC1. The first-order chi connectivity index (χ1) is 12.5. The minimum absolute atomic E-state index is 0.190. The maximum absolute atomic E-state index is 12.0. The molecular weight excluding hydrogens is 332 g/mol. The summed E-state index contributed by atoms with van der Waals surface area (Å²) in [5.74, 6) is 1.11. The van der Waals surface area contributed by atoms with Crippen molar-refractivity contribution in [2.24, 2.45) is 5.92 Å². The number of phenolic OH excluding ortho intramolecular Hbond substituents is 1. The number of anilines is 1. The Kier molecular flexibility index (Phi) is 5.55. The maximum Gasteiger partial charge on any atom is 0.409 e. The lowest BCUT2D eigenvalue weighted by molar-refractivity contribution is 0.0900. The number of ether oxygens (including phenoxy) is 1. The minimum Gasteiger partial charge on any atom is -0.507 e. The summed E-state index contributed by atoms with van der Waals surface area (Å²) in [5, 5.41) is 10.0. The zero-order valence-corrected chi connectivity index (χ0v) is 15.1. The molecule has 1 fully saturated rings. The first kappa shape index (κ1) is 18.0. The highest BCUT2D eigenvalue weighted by molar-refractivity contribution is 5.68. The molecule has 1 aromatic heterocycles. The molecule has 1 aromatic carbocycles. The van der Waals surface area contributed by atoms with Gasteiger partial charge in [-0.15, -0.1) is 0 Å². The maximum atomic E-state index is 12.0. The van der Waals surface area contributed by atoms with Crippen LogP contribution in [0.3, 0.4) is 0 Å². The number of nitrogens with zero attached hydrogens (tertiary/aromatic N) is 4. The molecule has 2 aromatic rings. The molecule has 7 heteroatoms. The lowest BCUT2D eigenvalue weighted by Crippen LogP contribution is -2.49. The van der Waals surface area contributed by atoms with Gasteiger partial charge in [-0.2, -0.15) is 0 Å². The molecule has 1 amide bonds. The number of carbonyl (C=O) groups excluding carboxylic acids is 1. The second-order valence-corrected chi connectivity index (χ2v) is 6.70. The fraction of sp³-hybridized carbons (Fsp3) is 0.421. The molecule has 138 valence electrons. The third-order valence-electron chi connectivity index (χ3n) is 4.18. The third kappa shape index (κ3) is 4.22. The van der Waals surface area contributed by atoms with E-state index < -0.39 is 0 Å². The average molecular weight is 356 g/mol. The van der Waals surface area contributed by atoms with Crippen molar-refractivity contribution in [1.82, 2.24) is 14.9 Å². The fourth-order valence-corrected chi connectivity index (χ4v) is 2.76. The monoisotopic (exact) mass is 356 g/mol. The molecule has 1 aliphatic rings. The highest BCUT2D eigenvalue weighted by atomic mass is 16.6. The van der Waals surface area contributed by atoms with E-state index in [1.54, 1.807) is 29.3 Å². The number of piperazine rings is 1. The van der Waals surface area contributed by atoms with Crippen molar-refractivity contribution in [2.75, 3.05) is 37.7 Å². The average Bonchev–Trinajstić information content (AvgIpc) is 2.66. The van der Waals surface area contributed by atoms with E-state index >= 15 is 0 Å². The first-order valence-corrected chi connectivity index (χ1v) is 8.82. The second kappa shape index (κ2) is 8.03. The second-order valence-electron chi connectivity index (χ2n) is 6.70. The van der Waals surface area contributed by atoms with Gasteiger partial charge in [-0.1, -0.05) is 26.0 Å². The fourth-order valence-electron chi connectivity index (χ4n) is 2.76. The zero-order valence-electron chi connectivity index (χ0n) is 15.1. The van der Waals surface area contributed by atoms with Crippen LogP contribution in [0, 0.1) is 5.92 Å². The van der Waals surface area contributed by atoms with Gasteiger partial charge in [-0.3, -0.25) is 0 Å². The van der Waals surface area contributed by atoms with Crippen molar-refractivity contribution in [2.45, 2.75) is 13.8 Å². The Balaban J connectivity index is 1.64. The quantitative estimate of drug-likeness (QED) is 0.907. The van der Waals surface area contributed by atoms with E-state index in [9.17, 15) is 9.90 Å². The molecular formula is C19H24N4O3. The summed E-state index contributed by atoms with van der Waals surface area (Å²) in [6, 6.07) is 8.87. The molecule has 1 N–H and O–H groups in total. The molecule has 26 heavy (non-hydrogen) atoms. The van der Waals surface area contributed by atoms with Crippen molar-refractivity contribution in [3.8, 4) is 17.0 Å². The van der Waals surface area contributed by atoms with Crippen LogP contribution in [-0.2, 0) is 4.74 Å². The standard InChI is InChI=1S/C19H24N4O3/c1-14(2)13-26-19(25)23-11-9-22(10-12-23)18-20-8-7-16(21-18)15-5-3-4-6-17(15)24/h3-8,14,24H,9-13H2,1-2H3. The van der Waals surface area contributed by atoms with E-state index in [-0.39, 0.29) is 11.8 Å². The van der Waals surface area contributed by atoms with Gasteiger partial charge in [-0.25, -0.2) is 14.8 Å². The molecule has 0 atom stereocenters. The van der Waals surface area contributed by atoms with Crippen LogP contribution in [0.5, 0.6) is 5.75 Å². The van der Waals surface area contributed by atoms with Crippen LogP contribution in [0.1, 0.15) is 13.8 Å². The topological polar surface area (TPSA) is 78.8 Å².